The topological polar surface area (TPSA) is 50.3 Å². The lowest BCUT2D eigenvalue weighted by Crippen LogP contribution is -2.26. The predicted octanol–water partition coefficient (Wildman–Crippen LogP) is 1.54. The highest BCUT2D eigenvalue weighted by molar-refractivity contribution is 6.22. The molecule has 2 rings (SSSR count). The molecule has 1 saturated carbocycles. The fourth-order valence-electron chi connectivity index (χ4n) is 2.15. The Kier molecular flexibility index (Phi) is 3.55. The summed E-state index contributed by atoms with van der Waals surface area (Å²) in [4.78, 5) is 29.7. The fraction of sp³-hybridized carbons (Fsp3) is 0.357. The number of carbonyl (C=O) groups is 2. The van der Waals surface area contributed by atoms with Gasteiger partial charge in [0.15, 0.2) is 11.6 Å². The standard InChI is InChI=1S/C14H16N2O2/c1-16(2)9-12-13(17)6-11(7-14(12)18)10-4-3-5-15-8-10/h3-5,8-9,11H,6-7H2,1-2H3. The summed E-state index contributed by atoms with van der Waals surface area (Å²) in [5, 5.41) is 0. The molecule has 18 heavy (non-hydrogen) atoms. The molecule has 0 aromatic carbocycles. The Morgan fingerprint density at radius 1 is 1.28 bits per heavy atom. The van der Waals surface area contributed by atoms with Gasteiger partial charge in [0, 0.05) is 45.5 Å². The summed E-state index contributed by atoms with van der Waals surface area (Å²) in [6, 6.07) is 3.74. The van der Waals surface area contributed by atoms with Gasteiger partial charge < -0.3 is 4.90 Å². The largest absolute Gasteiger partial charge is 0.383 e. The van der Waals surface area contributed by atoms with Gasteiger partial charge in [0.1, 0.15) is 0 Å². The van der Waals surface area contributed by atoms with Crippen molar-refractivity contribution in [2.24, 2.45) is 0 Å². The molecule has 1 heterocycles. The van der Waals surface area contributed by atoms with E-state index < -0.39 is 0 Å². The van der Waals surface area contributed by atoms with Gasteiger partial charge >= 0.3 is 0 Å². The molecule has 1 aliphatic rings. The number of ketones is 2. The van der Waals surface area contributed by atoms with Crippen molar-refractivity contribution in [1.82, 2.24) is 9.88 Å². The lowest BCUT2D eigenvalue weighted by Gasteiger charge is -2.22. The number of hydrogen-bond acceptors (Lipinski definition) is 4. The summed E-state index contributed by atoms with van der Waals surface area (Å²) in [7, 11) is 3.61. The van der Waals surface area contributed by atoms with Gasteiger partial charge in [-0.3, -0.25) is 14.6 Å². The maximum absolute atomic E-state index is 12.0. The Bertz CT molecular complexity index is 472. The van der Waals surface area contributed by atoms with Crippen molar-refractivity contribution in [2.45, 2.75) is 18.8 Å². The second-order valence-corrected chi connectivity index (χ2v) is 4.74. The van der Waals surface area contributed by atoms with Crippen LogP contribution in [0.1, 0.15) is 24.3 Å². The van der Waals surface area contributed by atoms with Gasteiger partial charge in [-0.1, -0.05) is 6.07 Å². The molecule has 4 nitrogen and oxygen atoms in total. The normalized spacial score (nSPS) is 19.9. The van der Waals surface area contributed by atoms with Crippen molar-refractivity contribution in [3.8, 4) is 0 Å². The molecule has 0 radical (unpaired) electrons. The Hall–Kier alpha value is -1.97. The molecule has 4 heteroatoms. The third kappa shape index (κ3) is 2.64. The summed E-state index contributed by atoms with van der Waals surface area (Å²) in [5.74, 6) is -0.180. The summed E-state index contributed by atoms with van der Waals surface area (Å²) in [5.41, 5.74) is 1.28. The molecular weight excluding hydrogens is 228 g/mol. The molecule has 0 N–H and O–H groups in total. The van der Waals surface area contributed by atoms with Gasteiger partial charge in [0.25, 0.3) is 0 Å². The molecule has 0 spiro atoms. The zero-order valence-corrected chi connectivity index (χ0v) is 10.6. The highest BCUT2D eigenvalue weighted by atomic mass is 16.1. The van der Waals surface area contributed by atoms with E-state index in [1.54, 1.807) is 37.6 Å². The SMILES string of the molecule is CN(C)C=C1C(=O)CC(c2cccnc2)CC1=O. The van der Waals surface area contributed by atoms with E-state index in [2.05, 4.69) is 4.98 Å². The van der Waals surface area contributed by atoms with Crippen LogP contribution in [-0.2, 0) is 9.59 Å². The zero-order valence-electron chi connectivity index (χ0n) is 10.6. The van der Waals surface area contributed by atoms with E-state index in [1.807, 2.05) is 12.1 Å². The Morgan fingerprint density at radius 2 is 1.94 bits per heavy atom. The summed E-state index contributed by atoms with van der Waals surface area (Å²) in [6.45, 7) is 0. The smallest absolute Gasteiger partial charge is 0.168 e. The zero-order chi connectivity index (χ0) is 13.1. The Balaban J connectivity index is 2.20. The van der Waals surface area contributed by atoms with Crippen LogP contribution in [0.25, 0.3) is 0 Å². The molecule has 1 aliphatic carbocycles. The number of aromatic nitrogens is 1. The van der Waals surface area contributed by atoms with Crippen LogP contribution in [0.3, 0.4) is 0 Å². The second-order valence-electron chi connectivity index (χ2n) is 4.74. The highest BCUT2D eigenvalue weighted by Crippen LogP contribution is 2.30. The maximum atomic E-state index is 12.0. The van der Waals surface area contributed by atoms with E-state index in [4.69, 9.17) is 0 Å². The maximum Gasteiger partial charge on any atom is 0.168 e. The summed E-state index contributed by atoms with van der Waals surface area (Å²) >= 11 is 0. The van der Waals surface area contributed by atoms with Gasteiger partial charge in [-0.15, -0.1) is 0 Å². The van der Waals surface area contributed by atoms with E-state index >= 15 is 0 Å². The number of nitrogens with zero attached hydrogens (tertiary/aromatic N) is 2. The highest BCUT2D eigenvalue weighted by Gasteiger charge is 2.31. The minimum Gasteiger partial charge on any atom is -0.383 e. The van der Waals surface area contributed by atoms with Crippen molar-refractivity contribution in [3.05, 3.63) is 41.9 Å². The van der Waals surface area contributed by atoms with Crippen LogP contribution in [0.5, 0.6) is 0 Å². The molecule has 0 saturated heterocycles. The minimum atomic E-state index is -0.0752. The molecule has 94 valence electrons. The molecule has 0 atom stereocenters. The van der Waals surface area contributed by atoms with Gasteiger partial charge in [0.2, 0.25) is 0 Å². The average Bonchev–Trinajstić information content (AvgIpc) is 2.34. The van der Waals surface area contributed by atoms with E-state index in [0.29, 0.717) is 18.4 Å². The van der Waals surface area contributed by atoms with Crippen LogP contribution in [0.15, 0.2) is 36.3 Å². The monoisotopic (exact) mass is 244 g/mol. The Morgan fingerprint density at radius 3 is 2.44 bits per heavy atom. The van der Waals surface area contributed by atoms with Crippen LogP contribution in [0.2, 0.25) is 0 Å². The molecule has 0 amide bonds. The van der Waals surface area contributed by atoms with E-state index in [-0.39, 0.29) is 17.5 Å². The number of Topliss-reactive ketones (excluding diaryl/α,β-unsaturated/α-hetero) is 2. The van der Waals surface area contributed by atoms with Crippen molar-refractivity contribution in [3.63, 3.8) is 0 Å². The average molecular weight is 244 g/mol. The lowest BCUT2D eigenvalue weighted by atomic mass is 9.81. The fourth-order valence-corrected chi connectivity index (χ4v) is 2.15. The van der Waals surface area contributed by atoms with Crippen LogP contribution in [-0.4, -0.2) is 35.5 Å². The van der Waals surface area contributed by atoms with Crippen molar-refractivity contribution in [1.29, 1.82) is 0 Å². The number of rotatable bonds is 2. The minimum absolute atomic E-state index is 0.0296. The molecule has 0 bridgehead atoms. The van der Waals surface area contributed by atoms with Crippen LogP contribution in [0, 0.1) is 0 Å². The number of hydrogen-bond donors (Lipinski definition) is 0. The lowest BCUT2D eigenvalue weighted by molar-refractivity contribution is -0.124. The van der Waals surface area contributed by atoms with E-state index in [1.165, 1.54) is 0 Å². The first-order valence-corrected chi connectivity index (χ1v) is 5.92. The van der Waals surface area contributed by atoms with Crippen molar-refractivity contribution < 1.29 is 9.59 Å². The summed E-state index contributed by atoms with van der Waals surface area (Å²) < 4.78 is 0. The van der Waals surface area contributed by atoms with Crippen LogP contribution in [0.4, 0.5) is 0 Å². The van der Waals surface area contributed by atoms with Gasteiger partial charge in [-0.2, -0.15) is 0 Å². The third-order valence-corrected chi connectivity index (χ3v) is 3.01. The molecule has 1 fully saturated rings. The molecule has 1 aromatic rings. The van der Waals surface area contributed by atoms with E-state index in [9.17, 15) is 9.59 Å². The number of allylic oxidation sites excluding steroid dienone is 1. The van der Waals surface area contributed by atoms with Crippen LogP contribution >= 0.6 is 0 Å². The molecular formula is C14H16N2O2. The van der Waals surface area contributed by atoms with Gasteiger partial charge in [-0.05, 0) is 17.5 Å². The molecule has 0 aliphatic heterocycles. The first kappa shape index (κ1) is 12.5. The van der Waals surface area contributed by atoms with Gasteiger partial charge in [0.05, 0.1) is 5.57 Å². The van der Waals surface area contributed by atoms with E-state index in [0.717, 1.165) is 5.56 Å². The quantitative estimate of drug-likeness (QED) is 0.585. The number of pyridine rings is 1. The van der Waals surface area contributed by atoms with Crippen LogP contribution < -0.4 is 0 Å². The molecule has 1 aromatic heterocycles. The molecule has 0 unspecified atom stereocenters. The predicted molar refractivity (Wildman–Crippen MR) is 68.0 cm³/mol. The van der Waals surface area contributed by atoms with Gasteiger partial charge in [-0.25, -0.2) is 0 Å². The number of carbonyl (C=O) groups excluding carboxylic acids is 2. The first-order chi connectivity index (χ1) is 8.58. The summed E-state index contributed by atoms with van der Waals surface area (Å²) in [6.07, 6.45) is 5.80. The van der Waals surface area contributed by atoms with Crippen molar-refractivity contribution in [2.75, 3.05) is 14.1 Å². The van der Waals surface area contributed by atoms with Crippen molar-refractivity contribution >= 4 is 11.6 Å². The Labute approximate surface area is 106 Å². The second kappa shape index (κ2) is 5.12. The first-order valence-electron chi connectivity index (χ1n) is 5.92. The third-order valence-electron chi connectivity index (χ3n) is 3.01.